The van der Waals surface area contributed by atoms with Crippen LogP contribution in [0.15, 0.2) is 18.2 Å². The van der Waals surface area contributed by atoms with Crippen molar-refractivity contribution >= 4 is 12.1 Å². The highest BCUT2D eigenvalue weighted by Crippen LogP contribution is 2.25. The Hall–Kier alpha value is -2.48. The largest absolute Gasteiger partial charge is 0.508 e. The van der Waals surface area contributed by atoms with Crippen molar-refractivity contribution in [2.24, 2.45) is 5.73 Å². The molecule has 0 bridgehead atoms. The van der Waals surface area contributed by atoms with Crippen LogP contribution >= 0.6 is 0 Å². The molecular weight excluding hydrogens is 342 g/mol. The zero-order valence-corrected chi connectivity index (χ0v) is 15.3. The molecule has 146 valence electrons. The number of phenols is 2. The van der Waals surface area contributed by atoms with Crippen molar-refractivity contribution < 1.29 is 34.0 Å². The number of phenolic OH excluding ortho intramolecular Hbond substituents is 2. The van der Waals surface area contributed by atoms with E-state index in [9.17, 15) is 19.8 Å². The number of aromatic hydroxyl groups is 2. The quantitative estimate of drug-likeness (QED) is 0.343. The minimum absolute atomic E-state index is 0.119. The fraction of sp³-hybridized carbons (Fsp3) is 0.556. The first kappa shape index (κ1) is 21.6. The summed E-state index contributed by atoms with van der Waals surface area (Å²) in [6.07, 6.45) is -0.451. The molecule has 0 saturated heterocycles. The number of hydrogen-bond acceptors (Lipinski definition) is 8. The molecule has 0 radical (unpaired) electrons. The molecule has 4 N–H and O–H groups in total. The zero-order valence-electron chi connectivity index (χ0n) is 15.3. The molecule has 1 unspecified atom stereocenters. The number of hydrogen-bond donors (Lipinski definition) is 3. The number of ether oxygens (including phenoxy) is 3. The van der Waals surface area contributed by atoms with Crippen LogP contribution in [0.3, 0.4) is 0 Å². The summed E-state index contributed by atoms with van der Waals surface area (Å²) < 4.78 is 15.1. The summed E-state index contributed by atoms with van der Waals surface area (Å²) in [6, 6.07) is 3.21. The summed E-state index contributed by atoms with van der Waals surface area (Å²) in [4.78, 5) is 23.6. The molecule has 8 heteroatoms. The third-order valence-corrected chi connectivity index (χ3v) is 3.76. The fourth-order valence-electron chi connectivity index (χ4n) is 1.98. The molecule has 0 saturated carbocycles. The van der Waals surface area contributed by atoms with E-state index in [1.165, 1.54) is 12.1 Å². The molecular formula is C18H27NO7. The number of benzene rings is 1. The van der Waals surface area contributed by atoms with Crippen LogP contribution in [0.25, 0.3) is 0 Å². The van der Waals surface area contributed by atoms with Crippen LogP contribution in [0.4, 0.5) is 4.79 Å². The molecule has 0 aromatic heterocycles. The lowest BCUT2D eigenvalue weighted by Crippen LogP contribution is -2.39. The van der Waals surface area contributed by atoms with Crippen LogP contribution in [0.2, 0.25) is 0 Å². The van der Waals surface area contributed by atoms with E-state index in [1.54, 1.807) is 19.9 Å². The van der Waals surface area contributed by atoms with Gasteiger partial charge in [0.15, 0.2) is 11.5 Å². The Morgan fingerprint density at radius 2 is 1.77 bits per heavy atom. The van der Waals surface area contributed by atoms with Crippen LogP contribution < -0.4 is 5.73 Å². The summed E-state index contributed by atoms with van der Waals surface area (Å²) in [5, 5.41) is 18.7. The van der Waals surface area contributed by atoms with Crippen LogP contribution in [-0.4, -0.2) is 47.2 Å². The van der Waals surface area contributed by atoms with Gasteiger partial charge in [-0.05, 0) is 44.4 Å². The van der Waals surface area contributed by atoms with Crippen molar-refractivity contribution in [2.75, 3.05) is 6.61 Å². The van der Waals surface area contributed by atoms with E-state index in [0.717, 1.165) is 12.8 Å². The van der Waals surface area contributed by atoms with Crippen LogP contribution in [0, 0.1) is 0 Å². The minimum atomic E-state index is -0.968. The van der Waals surface area contributed by atoms with Gasteiger partial charge in [0, 0.05) is 0 Å². The third kappa shape index (κ3) is 7.18. The molecule has 1 rings (SSSR count). The number of carbonyl (C=O) groups is 2. The standard InChI is InChI=1S/C18H27NO7/c1-4-5-8-24-18(23)26-12(3)11(2)25-17(22)14(19)9-13-6-7-15(20)16(21)10-13/h6-7,10-12,14,20-21H,4-5,8-9,19H2,1-3H3/t11?,12-,14+/m1/s1. The molecule has 8 nitrogen and oxygen atoms in total. The maximum absolute atomic E-state index is 12.1. The first-order chi connectivity index (χ1) is 12.2. The van der Waals surface area contributed by atoms with Crippen molar-refractivity contribution in [2.45, 2.75) is 58.3 Å². The fourth-order valence-corrected chi connectivity index (χ4v) is 1.98. The van der Waals surface area contributed by atoms with Crippen molar-refractivity contribution in [1.29, 1.82) is 0 Å². The monoisotopic (exact) mass is 369 g/mol. The molecule has 0 aliphatic heterocycles. The third-order valence-electron chi connectivity index (χ3n) is 3.76. The van der Waals surface area contributed by atoms with Crippen LogP contribution in [0.1, 0.15) is 39.2 Å². The molecule has 0 spiro atoms. The van der Waals surface area contributed by atoms with Gasteiger partial charge in [-0.15, -0.1) is 0 Å². The molecule has 0 heterocycles. The van der Waals surface area contributed by atoms with E-state index >= 15 is 0 Å². The zero-order chi connectivity index (χ0) is 19.7. The molecule has 0 fully saturated rings. The number of carbonyl (C=O) groups excluding carboxylic acids is 2. The first-order valence-corrected chi connectivity index (χ1v) is 8.54. The van der Waals surface area contributed by atoms with E-state index in [4.69, 9.17) is 19.9 Å². The summed E-state index contributed by atoms with van der Waals surface area (Å²) in [5.41, 5.74) is 6.39. The second-order valence-corrected chi connectivity index (χ2v) is 6.05. The molecule has 3 atom stereocenters. The maximum atomic E-state index is 12.1. The highest BCUT2D eigenvalue weighted by atomic mass is 16.7. The van der Waals surface area contributed by atoms with Crippen molar-refractivity contribution in [3.05, 3.63) is 23.8 Å². The summed E-state index contributed by atoms with van der Waals surface area (Å²) in [5.74, 6) is -1.21. The van der Waals surface area contributed by atoms with Gasteiger partial charge in [0.25, 0.3) is 0 Å². The van der Waals surface area contributed by atoms with Gasteiger partial charge in [0.05, 0.1) is 6.61 Å². The second kappa shape index (κ2) is 10.5. The van der Waals surface area contributed by atoms with Gasteiger partial charge >= 0.3 is 12.1 Å². The molecule has 1 aromatic rings. The van der Waals surface area contributed by atoms with Crippen molar-refractivity contribution in [3.63, 3.8) is 0 Å². The first-order valence-electron chi connectivity index (χ1n) is 8.54. The Bertz CT molecular complexity index is 605. The van der Waals surface area contributed by atoms with E-state index < -0.39 is 30.4 Å². The van der Waals surface area contributed by atoms with Gasteiger partial charge in [-0.1, -0.05) is 19.4 Å². The number of unbranched alkanes of at least 4 members (excludes halogenated alkanes) is 1. The lowest BCUT2D eigenvalue weighted by Gasteiger charge is -2.22. The Labute approximate surface area is 152 Å². The average molecular weight is 369 g/mol. The topological polar surface area (TPSA) is 128 Å². The van der Waals surface area contributed by atoms with E-state index in [2.05, 4.69) is 0 Å². The lowest BCUT2D eigenvalue weighted by atomic mass is 10.1. The molecule has 0 aliphatic rings. The van der Waals surface area contributed by atoms with E-state index in [1.807, 2.05) is 6.92 Å². The van der Waals surface area contributed by atoms with Crippen molar-refractivity contribution in [3.8, 4) is 11.5 Å². The normalized spacial score (nSPS) is 14.2. The van der Waals surface area contributed by atoms with Gasteiger partial charge in [0.1, 0.15) is 18.2 Å². The smallest absolute Gasteiger partial charge is 0.504 e. The summed E-state index contributed by atoms with van der Waals surface area (Å²) in [7, 11) is 0. The van der Waals surface area contributed by atoms with Gasteiger partial charge in [-0.2, -0.15) is 0 Å². The Balaban J connectivity index is 2.46. The van der Waals surface area contributed by atoms with Crippen LogP contribution in [-0.2, 0) is 25.4 Å². The summed E-state index contributed by atoms with van der Waals surface area (Å²) in [6.45, 7) is 5.42. The molecule has 1 aromatic carbocycles. The lowest BCUT2D eigenvalue weighted by molar-refractivity contribution is -0.155. The predicted molar refractivity (Wildman–Crippen MR) is 93.8 cm³/mol. The Morgan fingerprint density at radius 1 is 1.12 bits per heavy atom. The Morgan fingerprint density at radius 3 is 2.38 bits per heavy atom. The molecule has 0 aliphatic carbocycles. The predicted octanol–water partition coefficient (Wildman–Crippen LogP) is 2.24. The molecule has 26 heavy (non-hydrogen) atoms. The SMILES string of the molecule is CCCCOC(=O)O[C@H](C)C(C)OC(=O)[C@@H](N)Cc1ccc(O)c(O)c1. The number of rotatable bonds is 9. The molecule has 0 amide bonds. The van der Waals surface area contributed by atoms with Crippen molar-refractivity contribution in [1.82, 2.24) is 0 Å². The van der Waals surface area contributed by atoms with Gasteiger partial charge in [0.2, 0.25) is 0 Å². The van der Waals surface area contributed by atoms with Gasteiger partial charge in [-0.3, -0.25) is 4.79 Å². The highest BCUT2D eigenvalue weighted by molar-refractivity contribution is 5.76. The van der Waals surface area contributed by atoms with E-state index in [0.29, 0.717) is 5.56 Å². The van der Waals surface area contributed by atoms with E-state index in [-0.39, 0.29) is 24.5 Å². The second-order valence-electron chi connectivity index (χ2n) is 6.05. The minimum Gasteiger partial charge on any atom is -0.504 e. The van der Waals surface area contributed by atoms with Gasteiger partial charge < -0.3 is 30.2 Å². The van der Waals surface area contributed by atoms with Crippen LogP contribution in [0.5, 0.6) is 11.5 Å². The number of esters is 1. The number of nitrogens with two attached hydrogens (primary N) is 1. The maximum Gasteiger partial charge on any atom is 0.508 e. The van der Waals surface area contributed by atoms with Gasteiger partial charge in [-0.25, -0.2) is 4.79 Å². The summed E-state index contributed by atoms with van der Waals surface area (Å²) >= 11 is 0. The Kier molecular flexibility index (Phi) is 8.71. The highest BCUT2D eigenvalue weighted by Gasteiger charge is 2.24. The average Bonchev–Trinajstić information content (AvgIpc) is 2.58.